The highest BCUT2D eigenvalue weighted by Gasteiger charge is 2.20. The third-order valence-corrected chi connectivity index (χ3v) is 5.97. The zero-order valence-electron chi connectivity index (χ0n) is 16.6. The quantitative estimate of drug-likeness (QED) is 0.800. The molecule has 2 aromatic rings. The van der Waals surface area contributed by atoms with E-state index in [0.717, 1.165) is 57.7 Å². The number of likely N-dealkylation sites (tertiary alicyclic amines) is 1. The van der Waals surface area contributed by atoms with Gasteiger partial charge in [-0.1, -0.05) is 12.1 Å². The van der Waals surface area contributed by atoms with E-state index in [-0.39, 0.29) is 5.91 Å². The minimum atomic E-state index is 0.271. The largest absolute Gasteiger partial charge is 0.371 e. The highest BCUT2D eigenvalue weighted by Crippen LogP contribution is 2.21. The van der Waals surface area contributed by atoms with Crippen molar-refractivity contribution < 1.29 is 4.79 Å². The summed E-state index contributed by atoms with van der Waals surface area (Å²) in [6, 6.07) is 9.20. The summed E-state index contributed by atoms with van der Waals surface area (Å²) in [5, 5.41) is 3.67. The van der Waals surface area contributed by atoms with Crippen molar-refractivity contribution in [2.75, 3.05) is 37.6 Å². The molecule has 2 saturated heterocycles. The zero-order chi connectivity index (χ0) is 19.2. The Hall–Kier alpha value is -2.34. The maximum Gasteiger partial charge on any atom is 0.226 e. The molecule has 0 spiro atoms. The Labute approximate surface area is 167 Å². The van der Waals surface area contributed by atoms with Crippen molar-refractivity contribution in [2.45, 2.75) is 44.7 Å². The summed E-state index contributed by atoms with van der Waals surface area (Å²) in [6.45, 7) is 5.98. The number of imidazole rings is 1. The first kappa shape index (κ1) is 19.0. The zero-order valence-corrected chi connectivity index (χ0v) is 16.6. The number of carbonyl (C=O) groups is 1. The summed E-state index contributed by atoms with van der Waals surface area (Å²) < 4.78 is 2.11. The van der Waals surface area contributed by atoms with Gasteiger partial charge >= 0.3 is 0 Å². The normalized spacial score (nSPS) is 18.0. The van der Waals surface area contributed by atoms with Crippen LogP contribution in [0.4, 0.5) is 5.69 Å². The van der Waals surface area contributed by atoms with E-state index < -0.39 is 0 Å². The Morgan fingerprint density at radius 1 is 1.07 bits per heavy atom. The van der Waals surface area contributed by atoms with E-state index >= 15 is 0 Å². The predicted octanol–water partition coefficient (Wildman–Crippen LogP) is 2.31. The van der Waals surface area contributed by atoms with Crippen LogP contribution >= 0.6 is 0 Å². The summed E-state index contributed by atoms with van der Waals surface area (Å²) in [5.41, 5.74) is 2.39. The van der Waals surface area contributed by atoms with Crippen LogP contribution in [-0.4, -0.2) is 59.1 Å². The molecule has 1 aromatic heterocycles. The molecule has 2 aliphatic heterocycles. The molecule has 0 bridgehead atoms. The molecule has 6 heteroatoms. The van der Waals surface area contributed by atoms with Gasteiger partial charge in [-0.15, -0.1) is 0 Å². The van der Waals surface area contributed by atoms with Crippen molar-refractivity contribution in [3.63, 3.8) is 0 Å². The first-order valence-corrected chi connectivity index (χ1v) is 10.6. The molecule has 0 saturated carbocycles. The fraction of sp³-hybridized carbons (Fsp3) is 0.545. The molecule has 1 aromatic carbocycles. The number of hydrogen-bond donors (Lipinski definition) is 1. The fourth-order valence-electron chi connectivity index (χ4n) is 4.24. The lowest BCUT2D eigenvalue weighted by atomic mass is 10.0. The summed E-state index contributed by atoms with van der Waals surface area (Å²) in [6.07, 6.45) is 10.9. The van der Waals surface area contributed by atoms with Crippen LogP contribution in [-0.2, 0) is 17.8 Å². The highest BCUT2D eigenvalue weighted by molar-refractivity contribution is 5.79. The van der Waals surface area contributed by atoms with Crippen LogP contribution in [0.5, 0.6) is 0 Å². The summed E-state index contributed by atoms with van der Waals surface area (Å²) in [4.78, 5) is 20.8. The lowest BCUT2D eigenvalue weighted by Gasteiger charge is -2.34. The molecule has 1 amide bonds. The van der Waals surface area contributed by atoms with Crippen molar-refractivity contribution in [3.8, 4) is 0 Å². The van der Waals surface area contributed by atoms with E-state index in [1.54, 1.807) is 0 Å². The van der Waals surface area contributed by atoms with E-state index in [2.05, 4.69) is 44.0 Å². The molecule has 150 valence electrons. The van der Waals surface area contributed by atoms with Crippen LogP contribution in [0.1, 0.15) is 31.2 Å². The van der Waals surface area contributed by atoms with Crippen LogP contribution in [0.25, 0.3) is 0 Å². The van der Waals surface area contributed by atoms with Gasteiger partial charge < -0.3 is 19.7 Å². The Kier molecular flexibility index (Phi) is 6.27. The second-order valence-electron chi connectivity index (χ2n) is 7.95. The van der Waals surface area contributed by atoms with Crippen molar-refractivity contribution >= 4 is 11.6 Å². The number of anilines is 1. The van der Waals surface area contributed by atoms with Gasteiger partial charge in [0.15, 0.2) is 0 Å². The molecule has 28 heavy (non-hydrogen) atoms. The summed E-state index contributed by atoms with van der Waals surface area (Å²) in [7, 11) is 0. The van der Waals surface area contributed by atoms with E-state index in [4.69, 9.17) is 0 Å². The molecule has 1 N–H and O–H groups in total. The first-order chi connectivity index (χ1) is 13.8. The topological polar surface area (TPSA) is 53.4 Å². The molecular weight excluding hydrogens is 350 g/mol. The van der Waals surface area contributed by atoms with Gasteiger partial charge in [0, 0.05) is 63.4 Å². The van der Waals surface area contributed by atoms with Gasteiger partial charge in [-0.3, -0.25) is 4.79 Å². The van der Waals surface area contributed by atoms with Gasteiger partial charge in [-0.25, -0.2) is 4.98 Å². The maximum absolute atomic E-state index is 12.3. The van der Waals surface area contributed by atoms with E-state index in [0.29, 0.717) is 12.5 Å². The minimum absolute atomic E-state index is 0.271. The van der Waals surface area contributed by atoms with Crippen LogP contribution in [0.2, 0.25) is 0 Å². The second kappa shape index (κ2) is 9.24. The lowest BCUT2D eigenvalue weighted by Crippen LogP contribution is -2.43. The molecule has 2 aliphatic rings. The van der Waals surface area contributed by atoms with Gasteiger partial charge in [0.2, 0.25) is 5.91 Å². The molecule has 0 aliphatic carbocycles. The fourth-order valence-corrected chi connectivity index (χ4v) is 4.24. The Balaban J connectivity index is 1.20. The molecule has 2 fully saturated rings. The molecule has 4 rings (SSSR count). The first-order valence-electron chi connectivity index (χ1n) is 10.6. The Morgan fingerprint density at radius 2 is 1.82 bits per heavy atom. The van der Waals surface area contributed by atoms with Crippen LogP contribution in [0.3, 0.4) is 0 Å². The number of nitrogens with zero attached hydrogens (tertiary/aromatic N) is 4. The number of amides is 1. The maximum atomic E-state index is 12.3. The van der Waals surface area contributed by atoms with Crippen molar-refractivity contribution in [2.24, 2.45) is 0 Å². The van der Waals surface area contributed by atoms with E-state index in [1.165, 1.54) is 18.5 Å². The number of benzene rings is 1. The van der Waals surface area contributed by atoms with Gasteiger partial charge in [0.05, 0.1) is 12.7 Å². The number of carbonyl (C=O) groups excluding carboxylic acids is 1. The molecule has 0 unspecified atom stereocenters. The van der Waals surface area contributed by atoms with Gasteiger partial charge in [0.1, 0.15) is 0 Å². The Morgan fingerprint density at radius 3 is 2.50 bits per heavy atom. The lowest BCUT2D eigenvalue weighted by molar-refractivity contribution is -0.129. The second-order valence-corrected chi connectivity index (χ2v) is 7.95. The van der Waals surface area contributed by atoms with Gasteiger partial charge in [-0.05, 0) is 43.4 Å². The van der Waals surface area contributed by atoms with Crippen LogP contribution < -0.4 is 10.2 Å². The minimum Gasteiger partial charge on any atom is -0.371 e. The SMILES string of the molecule is O=C(Cc1ccc(N2CCC(NCCn3ccnc3)CC2)cc1)N1CCCC1. The summed E-state index contributed by atoms with van der Waals surface area (Å²) in [5.74, 6) is 0.271. The van der Waals surface area contributed by atoms with E-state index in [1.807, 2.05) is 23.6 Å². The average Bonchev–Trinajstić information content (AvgIpc) is 3.44. The van der Waals surface area contributed by atoms with Crippen molar-refractivity contribution in [3.05, 3.63) is 48.5 Å². The average molecular weight is 382 g/mol. The molecular formula is C22H31N5O. The van der Waals surface area contributed by atoms with Gasteiger partial charge in [-0.2, -0.15) is 0 Å². The number of rotatable bonds is 7. The summed E-state index contributed by atoms with van der Waals surface area (Å²) >= 11 is 0. The standard InChI is InChI=1S/C22H31N5O/c28-22(27-11-1-2-12-27)17-19-3-5-21(6-4-19)26-13-7-20(8-14-26)24-10-16-25-15-9-23-18-25/h3-6,9,15,18,20,24H,1-2,7-8,10-14,16-17H2. The number of nitrogens with one attached hydrogen (secondary N) is 1. The molecule has 0 atom stereocenters. The van der Waals surface area contributed by atoms with E-state index in [9.17, 15) is 4.79 Å². The smallest absolute Gasteiger partial charge is 0.226 e. The molecule has 0 radical (unpaired) electrons. The highest BCUT2D eigenvalue weighted by atomic mass is 16.2. The van der Waals surface area contributed by atoms with Crippen LogP contribution in [0, 0.1) is 0 Å². The number of piperidine rings is 1. The Bertz CT molecular complexity index is 729. The van der Waals surface area contributed by atoms with Crippen molar-refractivity contribution in [1.29, 1.82) is 0 Å². The number of aromatic nitrogens is 2. The molecule has 3 heterocycles. The van der Waals surface area contributed by atoms with Crippen molar-refractivity contribution in [1.82, 2.24) is 19.8 Å². The third kappa shape index (κ3) is 4.93. The predicted molar refractivity (Wildman–Crippen MR) is 111 cm³/mol. The van der Waals surface area contributed by atoms with Gasteiger partial charge in [0.25, 0.3) is 0 Å². The van der Waals surface area contributed by atoms with Crippen LogP contribution in [0.15, 0.2) is 43.0 Å². The number of hydrogen-bond acceptors (Lipinski definition) is 4. The molecule has 6 nitrogen and oxygen atoms in total. The monoisotopic (exact) mass is 381 g/mol. The third-order valence-electron chi connectivity index (χ3n) is 5.97.